The first-order valence-electron chi connectivity index (χ1n) is 7.51. The average Bonchev–Trinajstić information content (AvgIpc) is 2.59. The van der Waals surface area contributed by atoms with Gasteiger partial charge in [-0.05, 0) is 29.8 Å². The van der Waals surface area contributed by atoms with Gasteiger partial charge in [0.1, 0.15) is 6.07 Å². The van der Waals surface area contributed by atoms with Gasteiger partial charge in [-0.2, -0.15) is 5.26 Å². The predicted octanol–water partition coefficient (Wildman–Crippen LogP) is 1.90. The third-order valence-electron chi connectivity index (χ3n) is 3.25. The zero-order valence-electron chi connectivity index (χ0n) is 13.9. The average molecular weight is 372 g/mol. The fourth-order valence-corrected chi connectivity index (χ4v) is 2.97. The summed E-state index contributed by atoms with van der Waals surface area (Å²) in [5, 5.41) is 11.5. The first kappa shape index (κ1) is 19.1. The molecule has 0 heterocycles. The number of hydrogen-bond acceptors (Lipinski definition) is 6. The van der Waals surface area contributed by atoms with E-state index in [1.165, 1.54) is 12.1 Å². The summed E-state index contributed by atoms with van der Waals surface area (Å²) in [6.07, 6.45) is 1.10. The van der Waals surface area contributed by atoms with Crippen LogP contribution in [0.3, 0.4) is 0 Å². The monoisotopic (exact) mass is 372 g/mol. The van der Waals surface area contributed by atoms with Crippen LogP contribution in [-0.2, 0) is 25.1 Å². The second-order valence-electron chi connectivity index (χ2n) is 5.55. The van der Waals surface area contributed by atoms with Crippen molar-refractivity contribution in [3.05, 3.63) is 65.2 Å². The van der Waals surface area contributed by atoms with Crippen LogP contribution in [0, 0.1) is 11.3 Å². The minimum atomic E-state index is -3.23. The Labute approximate surface area is 151 Å². The minimum absolute atomic E-state index is 0.149. The molecular weight excluding hydrogens is 356 g/mol. The third-order valence-corrected chi connectivity index (χ3v) is 4.11. The normalized spacial score (nSPS) is 10.6. The molecular formula is C18H16N2O5S. The molecule has 0 aromatic heterocycles. The molecule has 1 N–H and O–H groups in total. The lowest BCUT2D eigenvalue weighted by Crippen LogP contribution is -2.21. The molecule has 0 bridgehead atoms. The lowest BCUT2D eigenvalue weighted by Gasteiger charge is -2.08. The third kappa shape index (κ3) is 5.72. The number of carbonyl (C=O) groups is 2. The summed E-state index contributed by atoms with van der Waals surface area (Å²) in [6, 6.07) is 14.4. The first-order chi connectivity index (χ1) is 12.3. The highest BCUT2D eigenvalue weighted by Gasteiger charge is 2.13. The molecule has 0 aliphatic carbocycles. The smallest absolute Gasteiger partial charge is 0.338 e. The Bertz CT molecular complexity index is 977. The number of para-hydroxylation sites is 1. The molecule has 134 valence electrons. The summed E-state index contributed by atoms with van der Waals surface area (Å²) in [4.78, 5) is 23.9. The van der Waals surface area contributed by atoms with E-state index >= 15 is 0 Å². The van der Waals surface area contributed by atoms with Gasteiger partial charge in [0.05, 0.1) is 22.6 Å². The molecule has 0 aliphatic heterocycles. The molecule has 0 saturated carbocycles. The van der Waals surface area contributed by atoms with E-state index in [2.05, 4.69) is 5.32 Å². The number of rotatable bonds is 6. The quantitative estimate of drug-likeness (QED) is 0.775. The number of sulfone groups is 1. The molecule has 2 aromatic carbocycles. The number of nitrogens with one attached hydrogen (secondary N) is 1. The number of nitriles is 1. The standard InChI is InChI=1S/C18H16N2O5S/c1-26(23,24)12-13-5-4-7-14(9-13)18(22)25-11-17(21)20-16-8-3-2-6-15(16)10-19/h2-9H,11-12H2,1H3,(H,20,21). The van der Waals surface area contributed by atoms with Gasteiger partial charge in [-0.1, -0.05) is 24.3 Å². The summed E-state index contributed by atoms with van der Waals surface area (Å²) in [5.41, 5.74) is 1.22. The number of carbonyl (C=O) groups excluding carboxylic acids is 2. The zero-order valence-corrected chi connectivity index (χ0v) is 14.7. The Morgan fingerprint density at radius 2 is 1.88 bits per heavy atom. The van der Waals surface area contributed by atoms with Crippen molar-refractivity contribution in [1.29, 1.82) is 5.26 Å². The van der Waals surface area contributed by atoms with Crippen LogP contribution in [0.4, 0.5) is 5.69 Å². The number of amides is 1. The van der Waals surface area contributed by atoms with Crippen molar-refractivity contribution in [3.8, 4) is 6.07 Å². The van der Waals surface area contributed by atoms with Crippen LogP contribution in [-0.4, -0.2) is 33.2 Å². The SMILES string of the molecule is CS(=O)(=O)Cc1cccc(C(=O)OCC(=O)Nc2ccccc2C#N)c1. The van der Waals surface area contributed by atoms with E-state index in [1.807, 2.05) is 6.07 Å². The minimum Gasteiger partial charge on any atom is -0.452 e. The Hall–Kier alpha value is -3.18. The van der Waals surface area contributed by atoms with Crippen molar-refractivity contribution in [2.45, 2.75) is 5.75 Å². The Balaban J connectivity index is 1.97. The van der Waals surface area contributed by atoms with Crippen molar-refractivity contribution < 1.29 is 22.7 Å². The summed E-state index contributed by atoms with van der Waals surface area (Å²) >= 11 is 0. The fraction of sp³-hybridized carbons (Fsp3) is 0.167. The first-order valence-corrected chi connectivity index (χ1v) is 9.57. The van der Waals surface area contributed by atoms with Gasteiger partial charge in [0.2, 0.25) is 0 Å². The van der Waals surface area contributed by atoms with Gasteiger partial charge in [0.25, 0.3) is 5.91 Å². The van der Waals surface area contributed by atoms with Gasteiger partial charge in [0.15, 0.2) is 16.4 Å². The molecule has 7 nitrogen and oxygen atoms in total. The lowest BCUT2D eigenvalue weighted by molar-refractivity contribution is -0.119. The summed E-state index contributed by atoms with van der Waals surface area (Å²) in [7, 11) is -3.23. The maximum Gasteiger partial charge on any atom is 0.338 e. The largest absolute Gasteiger partial charge is 0.452 e. The van der Waals surface area contributed by atoms with Crippen LogP contribution < -0.4 is 5.32 Å². The molecule has 2 rings (SSSR count). The highest BCUT2D eigenvalue weighted by Crippen LogP contribution is 2.14. The maximum absolute atomic E-state index is 12.0. The van der Waals surface area contributed by atoms with E-state index in [0.29, 0.717) is 16.8 Å². The Morgan fingerprint density at radius 1 is 1.15 bits per heavy atom. The van der Waals surface area contributed by atoms with Crippen molar-refractivity contribution in [3.63, 3.8) is 0 Å². The molecule has 0 saturated heterocycles. The number of ether oxygens (including phenoxy) is 1. The molecule has 1 amide bonds. The molecule has 2 aromatic rings. The molecule has 0 unspecified atom stereocenters. The second kappa shape index (κ2) is 8.27. The number of anilines is 1. The van der Waals surface area contributed by atoms with Crippen molar-refractivity contribution in [2.75, 3.05) is 18.2 Å². The van der Waals surface area contributed by atoms with Crippen LogP contribution in [0.15, 0.2) is 48.5 Å². The van der Waals surface area contributed by atoms with Crippen LogP contribution in [0.25, 0.3) is 0 Å². The molecule has 0 spiro atoms. The molecule has 0 radical (unpaired) electrons. The summed E-state index contributed by atoms with van der Waals surface area (Å²) < 4.78 is 27.6. The van der Waals surface area contributed by atoms with E-state index in [-0.39, 0.29) is 11.3 Å². The van der Waals surface area contributed by atoms with E-state index in [4.69, 9.17) is 10.00 Å². The van der Waals surface area contributed by atoms with Gasteiger partial charge in [-0.25, -0.2) is 13.2 Å². The van der Waals surface area contributed by atoms with Crippen LogP contribution >= 0.6 is 0 Å². The van der Waals surface area contributed by atoms with Gasteiger partial charge < -0.3 is 10.1 Å². The number of nitrogens with zero attached hydrogens (tertiary/aromatic N) is 1. The topological polar surface area (TPSA) is 113 Å². The van der Waals surface area contributed by atoms with E-state index in [0.717, 1.165) is 6.26 Å². The number of esters is 1. The zero-order chi connectivity index (χ0) is 19.2. The number of hydrogen-bond donors (Lipinski definition) is 1. The molecule has 26 heavy (non-hydrogen) atoms. The Morgan fingerprint density at radius 3 is 2.58 bits per heavy atom. The highest BCUT2D eigenvalue weighted by molar-refractivity contribution is 7.89. The molecule has 8 heteroatoms. The van der Waals surface area contributed by atoms with Crippen molar-refractivity contribution >= 4 is 27.4 Å². The van der Waals surface area contributed by atoms with E-state index in [1.54, 1.807) is 36.4 Å². The van der Waals surface area contributed by atoms with Gasteiger partial charge in [-0.3, -0.25) is 4.79 Å². The summed E-state index contributed by atoms with van der Waals surface area (Å²) in [5.74, 6) is -1.53. The van der Waals surface area contributed by atoms with Crippen LogP contribution in [0.2, 0.25) is 0 Å². The Kier molecular flexibility index (Phi) is 6.09. The molecule has 0 aliphatic rings. The molecule has 0 fully saturated rings. The molecule has 0 atom stereocenters. The van der Waals surface area contributed by atoms with Crippen molar-refractivity contribution in [2.24, 2.45) is 0 Å². The van der Waals surface area contributed by atoms with Crippen molar-refractivity contribution in [1.82, 2.24) is 0 Å². The van der Waals surface area contributed by atoms with E-state index < -0.39 is 28.3 Å². The highest BCUT2D eigenvalue weighted by atomic mass is 32.2. The van der Waals surface area contributed by atoms with E-state index in [9.17, 15) is 18.0 Å². The second-order valence-corrected chi connectivity index (χ2v) is 7.69. The fourth-order valence-electron chi connectivity index (χ4n) is 2.18. The van der Waals surface area contributed by atoms with Gasteiger partial charge in [0, 0.05) is 6.26 Å². The van der Waals surface area contributed by atoms with Gasteiger partial charge in [-0.15, -0.1) is 0 Å². The predicted molar refractivity (Wildman–Crippen MR) is 95.1 cm³/mol. The van der Waals surface area contributed by atoms with Crippen LogP contribution in [0.1, 0.15) is 21.5 Å². The maximum atomic E-state index is 12.0. The van der Waals surface area contributed by atoms with Crippen LogP contribution in [0.5, 0.6) is 0 Å². The number of benzene rings is 2. The lowest BCUT2D eigenvalue weighted by atomic mass is 10.1. The van der Waals surface area contributed by atoms with Gasteiger partial charge >= 0.3 is 5.97 Å². The summed E-state index contributed by atoms with van der Waals surface area (Å²) in [6.45, 7) is -0.533.